The molecule has 0 unspecified atom stereocenters. The Hall–Kier alpha value is -2.29. The van der Waals surface area contributed by atoms with Crippen molar-refractivity contribution in [3.8, 4) is 11.5 Å². The summed E-state index contributed by atoms with van der Waals surface area (Å²) in [5.74, 6) is 0.536. The van der Waals surface area contributed by atoms with E-state index < -0.39 is 15.8 Å². The van der Waals surface area contributed by atoms with Crippen LogP contribution < -0.4 is 14.8 Å². The number of ether oxygens (including phenoxy) is 2. The third-order valence-corrected chi connectivity index (χ3v) is 6.87. The maximum atomic E-state index is 12.5. The number of sulfone groups is 1. The summed E-state index contributed by atoms with van der Waals surface area (Å²) in [6.45, 7) is 0.516. The molecule has 0 saturated carbocycles. The van der Waals surface area contributed by atoms with Gasteiger partial charge in [0.2, 0.25) is 11.8 Å². The van der Waals surface area contributed by atoms with Crippen LogP contribution in [0.15, 0.2) is 18.2 Å². The van der Waals surface area contributed by atoms with Gasteiger partial charge in [-0.25, -0.2) is 8.42 Å². The molecule has 1 aromatic rings. The van der Waals surface area contributed by atoms with Crippen LogP contribution in [0, 0.1) is 5.92 Å². The molecule has 2 aliphatic rings. The monoisotopic (exact) mass is 396 g/mol. The van der Waals surface area contributed by atoms with Gasteiger partial charge >= 0.3 is 0 Å². The zero-order valence-corrected chi connectivity index (χ0v) is 16.3. The second-order valence-corrected chi connectivity index (χ2v) is 9.13. The third kappa shape index (κ3) is 4.35. The first kappa shape index (κ1) is 19.5. The summed E-state index contributed by atoms with van der Waals surface area (Å²) < 4.78 is 33.8. The van der Waals surface area contributed by atoms with Gasteiger partial charge in [-0.1, -0.05) is 0 Å². The highest BCUT2D eigenvalue weighted by Gasteiger charge is 2.41. The molecule has 2 amide bonds. The molecule has 27 heavy (non-hydrogen) atoms. The van der Waals surface area contributed by atoms with Crippen LogP contribution in [-0.2, 0) is 26.0 Å². The highest BCUT2D eigenvalue weighted by Crippen LogP contribution is 2.27. The lowest BCUT2D eigenvalue weighted by molar-refractivity contribution is -0.130. The minimum atomic E-state index is -3.07. The van der Waals surface area contributed by atoms with Crippen LogP contribution >= 0.6 is 0 Å². The normalized spacial score (nSPS) is 24.1. The van der Waals surface area contributed by atoms with Crippen molar-refractivity contribution in [3.63, 3.8) is 0 Å². The van der Waals surface area contributed by atoms with E-state index in [1.54, 1.807) is 37.3 Å². The number of carbonyl (C=O) groups is 2. The molecule has 2 heterocycles. The number of methoxy groups -OCH3 is 2. The Morgan fingerprint density at radius 3 is 2.70 bits per heavy atom. The zero-order valence-electron chi connectivity index (χ0n) is 15.4. The maximum absolute atomic E-state index is 12.5. The molecule has 0 aromatic heterocycles. The van der Waals surface area contributed by atoms with Gasteiger partial charge in [0, 0.05) is 31.1 Å². The van der Waals surface area contributed by atoms with Crippen molar-refractivity contribution in [2.24, 2.45) is 5.92 Å². The summed E-state index contributed by atoms with van der Waals surface area (Å²) >= 11 is 0. The average molecular weight is 396 g/mol. The Kier molecular flexibility index (Phi) is 5.59. The molecular formula is C18H24N2O6S. The van der Waals surface area contributed by atoms with E-state index >= 15 is 0 Å². The number of amides is 2. The Bertz CT molecular complexity index is 838. The van der Waals surface area contributed by atoms with Crippen molar-refractivity contribution in [1.29, 1.82) is 0 Å². The first-order valence-electron chi connectivity index (χ1n) is 8.81. The fourth-order valence-corrected chi connectivity index (χ4v) is 5.36. The quantitative estimate of drug-likeness (QED) is 0.745. The fraction of sp³-hybridized carbons (Fsp3) is 0.556. The summed E-state index contributed by atoms with van der Waals surface area (Å²) in [6.07, 6.45) is 0.557. The summed E-state index contributed by atoms with van der Waals surface area (Å²) in [4.78, 5) is 26.3. The van der Waals surface area contributed by atoms with E-state index in [-0.39, 0.29) is 48.9 Å². The molecule has 1 N–H and O–H groups in total. The Morgan fingerprint density at radius 1 is 1.30 bits per heavy atom. The van der Waals surface area contributed by atoms with Gasteiger partial charge in [-0.15, -0.1) is 0 Å². The third-order valence-electron chi connectivity index (χ3n) is 5.12. The SMILES string of the molecule is COc1ccc(OC)c(CNC(=O)[C@H]2CC(=O)N([C@H]3CCS(=O)(=O)C3)C2)c1. The van der Waals surface area contributed by atoms with Gasteiger partial charge in [0.15, 0.2) is 9.84 Å². The smallest absolute Gasteiger partial charge is 0.225 e. The van der Waals surface area contributed by atoms with Crippen LogP contribution in [-0.4, -0.2) is 63.4 Å². The molecule has 0 bridgehead atoms. The molecule has 2 aliphatic heterocycles. The highest BCUT2D eigenvalue weighted by atomic mass is 32.2. The summed E-state index contributed by atoms with van der Waals surface area (Å²) in [5.41, 5.74) is 0.772. The van der Waals surface area contributed by atoms with E-state index in [4.69, 9.17) is 9.47 Å². The largest absolute Gasteiger partial charge is 0.497 e. The Balaban J connectivity index is 1.60. The molecule has 148 valence electrons. The number of likely N-dealkylation sites (tertiary alicyclic amines) is 1. The van der Waals surface area contributed by atoms with Crippen molar-refractivity contribution in [2.75, 3.05) is 32.3 Å². The predicted molar refractivity (Wildman–Crippen MR) is 98.3 cm³/mol. The molecule has 1 aromatic carbocycles. The number of benzene rings is 1. The topological polar surface area (TPSA) is 102 Å². The number of nitrogens with one attached hydrogen (secondary N) is 1. The van der Waals surface area contributed by atoms with E-state index in [0.29, 0.717) is 17.9 Å². The van der Waals surface area contributed by atoms with Gasteiger partial charge in [-0.3, -0.25) is 9.59 Å². The highest BCUT2D eigenvalue weighted by molar-refractivity contribution is 7.91. The summed E-state index contributed by atoms with van der Waals surface area (Å²) in [7, 11) is 0.0387. The first-order valence-corrected chi connectivity index (χ1v) is 10.6. The van der Waals surface area contributed by atoms with Crippen LogP contribution in [0.4, 0.5) is 0 Å². The number of rotatable bonds is 6. The second kappa shape index (κ2) is 7.75. The molecule has 8 nitrogen and oxygen atoms in total. The van der Waals surface area contributed by atoms with E-state index in [9.17, 15) is 18.0 Å². The van der Waals surface area contributed by atoms with Crippen LogP contribution in [0.5, 0.6) is 11.5 Å². The lowest BCUT2D eigenvalue weighted by atomic mass is 10.1. The van der Waals surface area contributed by atoms with Crippen molar-refractivity contribution in [1.82, 2.24) is 10.2 Å². The molecular weight excluding hydrogens is 372 g/mol. The van der Waals surface area contributed by atoms with Gasteiger partial charge in [-0.2, -0.15) is 0 Å². The minimum Gasteiger partial charge on any atom is -0.497 e. The fourth-order valence-electron chi connectivity index (χ4n) is 3.63. The standard InChI is InChI=1S/C18H24N2O6S/c1-25-15-3-4-16(26-2)12(7-15)9-19-18(22)13-8-17(21)20(10-13)14-5-6-27(23,24)11-14/h3-4,7,13-14H,5-6,8-11H2,1-2H3,(H,19,22)/t13-,14-/m0/s1. The summed E-state index contributed by atoms with van der Waals surface area (Å²) in [6, 6.07) is 5.02. The van der Waals surface area contributed by atoms with Gasteiger partial charge in [0.05, 0.1) is 31.6 Å². The summed E-state index contributed by atoms with van der Waals surface area (Å²) in [5, 5.41) is 2.84. The molecule has 2 fully saturated rings. The van der Waals surface area contributed by atoms with Crippen LogP contribution in [0.1, 0.15) is 18.4 Å². The Labute approximate surface area is 158 Å². The number of carbonyl (C=O) groups excluding carboxylic acids is 2. The molecule has 0 aliphatic carbocycles. The first-order chi connectivity index (χ1) is 12.8. The van der Waals surface area contributed by atoms with E-state index in [1.807, 2.05) is 0 Å². The van der Waals surface area contributed by atoms with E-state index in [0.717, 1.165) is 5.56 Å². The van der Waals surface area contributed by atoms with Gasteiger partial charge < -0.3 is 19.7 Å². The Morgan fingerprint density at radius 2 is 2.07 bits per heavy atom. The molecule has 0 spiro atoms. The van der Waals surface area contributed by atoms with Gasteiger partial charge in [-0.05, 0) is 24.6 Å². The molecule has 2 atom stereocenters. The van der Waals surface area contributed by atoms with Crippen molar-refractivity contribution in [2.45, 2.75) is 25.4 Å². The molecule has 2 saturated heterocycles. The maximum Gasteiger partial charge on any atom is 0.225 e. The second-order valence-electron chi connectivity index (χ2n) is 6.90. The molecule has 0 radical (unpaired) electrons. The van der Waals surface area contributed by atoms with E-state index in [2.05, 4.69) is 5.32 Å². The predicted octanol–water partition coefficient (Wildman–Crippen LogP) is 0.356. The molecule has 9 heteroatoms. The van der Waals surface area contributed by atoms with Crippen molar-refractivity contribution >= 4 is 21.7 Å². The minimum absolute atomic E-state index is 0.00587. The average Bonchev–Trinajstić information content (AvgIpc) is 3.21. The van der Waals surface area contributed by atoms with Gasteiger partial charge in [0.25, 0.3) is 0 Å². The zero-order chi connectivity index (χ0) is 19.6. The molecule has 3 rings (SSSR count). The number of hydrogen-bond acceptors (Lipinski definition) is 6. The van der Waals surface area contributed by atoms with Gasteiger partial charge in [0.1, 0.15) is 11.5 Å². The van der Waals surface area contributed by atoms with Crippen molar-refractivity contribution in [3.05, 3.63) is 23.8 Å². The number of hydrogen-bond donors (Lipinski definition) is 1. The lowest BCUT2D eigenvalue weighted by Gasteiger charge is -2.23. The van der Waals surface area contributed by atoms with E-state index in [1.165, 1.54) is 0 Å². The van der Waals surface area contributed by atoms with Crippen LogP contribution in [0.2, 0.25) is 0 Å². The van der Waals surface area contributed by atoms with Crippen LogP contribution in [0.25, 0.3) is 0 Å². The lowest BCUT2D eigenvalue weighted by Crippen LogP contribution is -2.39. The number of nitrogens with zero attached hydrogens (tertiary/aromatic N) is 1. The van der Waals surface area contributed by atoms with Crippen LogP contribution in [0.3, 0.4) is 0 Å². The van der Waals surface area contributed by atoms with Crippen molar-refractivity contribution < 1.29 is 27.5 Å².